The Balaban J connectivity index is 1.59. The Bertz CT molecular complexity index is 524. The van der Waals surface area contributed by atoms with Crippen LogP contribution in [0, 0.1) is 0 Å². The highest BCUT2D eigenvalue weighted by molar-refractivity contribution is 5.85. The first-order chi connectivity index (χ1) is 10.5. The van der Waals surface area contributed by atoms with Gasteiger partial charge in [-0.2, -0.15) is 5.10 Å². The zero-order valence-corrected chi connectivity index (χ0v) is 13.5. The Hall–Kier alpha value is -1.40. The van der Waals surface area contributed by atoms with Gasteiger partial charge >= 0.3 is 0 Å². The largest absolute Gasteiger partial charge is 0.363 e. The van der Waals surface area contributed by atoms with Gasteiger partial charge < -0.3 is 10.1 Å². The maximum atomic E-state index is 12.6. The first-order valence-corrected chi connectivity index (χ1v) is 8.20. The van der Waals surface area contributed by atoms with Gasteiger partial charge in [-0.05, 0) is 19.8 Å². The van der Waals surface area contributed by atoms with Crippen LogP contribution in [0.2, 0.25) is 0 Å². The Morgan fingerprint density at radius 2 is 2.27 bits per heavy atom. The molecule has 1 aliphatic carbocycles. The molecule has 0 bridgehead atoms. The van der Waals surface area contributed by atoms with E-state index >= 15 is 0 Å². The summed E-state index contributed by atoms with van der Waals surface area (Å²) in [5, 5.41) is 7.37. The summed E-state index contributed by atoms with van der Waals surface area (Å²) in [6.07, 6.45) is 8.53. The number of rotatable bonds is 4. The summed E-state index contributed by atoms with van der Waals surface area (Å²) in [4.78, 5) is 14.9. The number of nitrogens with zero attached hydrogens (tertiary/aromatic N) is 3. The van der Waals surface area contributed by atoms with Gasteiger partial charge in [0, 0.05) is 44.5 Å². The zero-order chi connectivity index (χ0) is 15.6. The van der Waals surface area contributed by atoms with E-state index in [1.54, 1.807) is 0 Å². The van der Waals surface area contributed by atoms with E-state index in [0.717, 1.165) is 25.9 Å². The summed E-state index contributed by atoms with van der Waals surface area (Å²) >= 11 is 0. The molecule has 0 spiro atoms. The van der Waals surface area contributed by atoms with Gasteiger partial charge in [0.1, 0.15) is 0 Å². The molecule has 122 valence electrons. The molecule has 0 unspecified atom stereocenters. The van der Waals surface area contributed by atoms with E-state index in [1.165, 1.54) is 18.4 Å². The molecule has 2 aliphatic rings. The van der Waals surface area contributed by atoms with Crippen LogP contribution in [-0.2, 0) is 23.1 Å². The minimum Gasteiger partial charge on any atom is -0.363 e. The molecule has 1 atom stereocenters. The summed E-state index contributed by atoms with van der Waals surface area (Å²) < 4.78 is 7.64. The molecule has 6 heteroatoms. The summed E-state index contributed by atoms with van der Waals surface area (Å²) in [6.45, 7) is 4.78. The SMILES string of the molecule is Cn1cc(CN2CCO[C@](C)(C(=O)NC3CCCC3)C2)cn1. The van der Waals surface area contributed by atoms with Crippen molar-refractivity contribution in [2.45, 2.75) is 50.8 Å². The molecule has 0 aromatic carbocycles. The van der Waals surface area contributed by atoms with Gasteiger partial charge in [-0.1, -0.05) is 12.8 Å². The van der Waals surface area contributed by atoms with Crippen LogP contribution in [-0.4, -0.2) is 51.9 Å². The summed E-state index contributed by atoms with van der Waals surface area (Å²) in [6, 6.07) is 0.335. The monoisotopic (exact) mass is 306 g/mol. The van der Waals surface area contributed by atoms with Crippen LogP contribution >= 0.6 is 0 Å². The third kappa shape index (κ3) is 3.50. The number of amides is 1. The van der Waals surface area contributed by atoms with Crippen LogP contribution < -0.4 is 5.32 Å². The lowest BCUT2D eigenvalue weighted by atomic mass is 10.0. The quantitative estimate of drug-likeness (QED) is 0.904. The third-order valence-electron chi connectivity index (χ3n) is 4.69. The molecule has 1 saturated carbocycles. The average molecular weight is 306 g/mol. The molecule has 6 nitrogen and oxygen atoms in total. The molecule has 22 heavy (non-hydrogen) atoms. The number of carbonyl (C=O) groups is 1. The van der Waals surface area contributed by atoms with Crippen molar-refractivity contribution in [3.8, 4) is 0 Å². The second-order valence-electron chi connectivity index (χ2n) is 6.77. The van der Waals surface area contributed by atoms with Gasteiger partial charge in [0.15, 0.2) is 5.60 Å². The predicted molar refractivity (Wildman–Crippen MR) is 83.2 cm³/mol. The van der Waals surface area contributed by atoms with E-state index in [2.05, 4.69) is 15.3 Å². The van der Waals surface area contributed by atoms with Gasteiger partial charge in [0.05, 0.1) is 12.8 Å². The highest BCUT2D eigenvalue weighted by Gasteiger charge is 2.40. The molecule has 1 saturated heterocycles. The minimum absolute atomic E-state index is 0.0373. The second kappa shape index (κ2) is 6.38. The lowest BCUT2D eigenvalue weighted by Crippen LogP contribution is -2.59. The van der Waals surface area contributed by atoms with Crippen LogP contribution in [0.15, 0.2) is 12.4 Å². The Kier molecular flexibility index (Phi) is 4.49. The molecule has 0 radical (unpaired) electrons. The zero-order valence-electron chi connectivity index (χ0n) is 13.5. The molecular formula is C16H26N4O2. The number of hydrogen-bond acceptors (Lipinski definition) is 4. The molecule has 2 heterocycles. The van der Waals surface area contributed by atoms with E-state index in [9.17, 15) is 4.79 Å². The van der Waals surface area contributed by atoms with Crippen LogP contribution in [0.3, 0.4) is 0 Å². The minimum atomic E-state index is -0.747. The maximum Gasteiger partial charge on any atom is 0.253 e. The van der Waals surface area contributed by atoms with E-state index in [4.69, 9.17) is 4.74 Å². The van der Waals surface area contributed by atoms with Crippen molar-refractivity contribution < 1.29 is 9.53 Å². The van der Waals surface area contributed by atoms with Crippen molar-refractivity contribution in [3.05, 3.63) is 18.0 Å². The third-order valence-corrected chi connectivity index (χ3v) is 4.69. The smallest absolute Gasteiger partial charge is 0.253 e. The normalized spacial score (nSPS) is 27.2. The summed E-state index contributed by atoms with van der Waals surface area (Å²) in [7, 11) is 1.92. The van der Waals surface area contributed by atoms with Gasteiger partial charge in [-0.15, -0.1) is 0 Å². The van der Waals surface area contributed by atoms with Gasteiger partial charge in [0.25, 0.3) is 5.91 Å². The topological polar surface area (TPSA) is 59.4 Å². The molecular weight excluding hydrogens is 280 g/mol. The van der Waals surface area contributed by atoms with Crippen molar-refractivity contribution >= 4 is 5.91 Å². The molecule has 2 fully saturated rings. The summed E-state index contributed by atoms with van der Waals surface area (Å²) in [5.41, 5.74) is 0.422. The highest BCUT2D eigenvalue weighted by atomic mass is 16.5. The second-order valence-corrected chi connectivity index (χ2v) is 6.77. The van der Waals surface area contributed by atoms with E-state index < -0.39 is 5.60 Å². The van der Waals surface area contributed by atoms with Crippen LogP contribution in [0.25, 0.3) is 0 Å². The molecule has 3 rings (SSSR count). The molecule has 1 N–H and O–H groups in total. The van der Waals surface area contributed by atoms with Gasteiger partial charge in [-0.3, -0.25) is 14.4 Å². The number of morpholine rings is 1. The van der Waals surface area contributed by atoms with E-state index in [1.807, 2.05) is 31.0 Å². The molecule has 1 aromatic heterocycles. The van der Waals surface area contributed by atoms with Crippen molar-refractivity contribution in [2.24, 2.45) is 7.05 Å². The first-order valence-electron chi connectivity index (χ1n) is 8.20. The highest BCUT2D eigenvalue weighted by Crippen LogP contribution is 2.22. The van der Waals surface area contributed by atoms with Crippen molar-refractivity contribution in [2.75, 3.05) is 19.7 Å². The number of nitrogens with one attached hydrogen (secondary N) is 1. The lowest BCUT2D eigenvalue weighted by molar-refractivity contribution is -0.157. The number of carbonyl (C=O) groups excluding carboxylic acids is 1. The van der Waals surface area contributed by atoms with Crippen LogP contribution in [0.5, 0.6) is 0 Å². The average Bonchev–Trinajstić information content (AvgIpc) is 3.11. The van der Waals surface area contributed by atoms with Gasteiger partial charge in [0.2, 0.25) is 0 Å². The van der Waals surface area contributed by atoms with Gasteiger partial charge in [-0.25, -0.2) is 0 Å². The number of aryl methyl sites for hydroxylation is 1. The number of ether oxygens (including phenoxy) is 1. The van der Waals surface area contributed by atoms with Crippen molar-refractivity contribution in [3.63, 3.8) is 0 Å². The predicted octanol–water partition coefficient (Wildman–Crippen LogP) is 1.07. The maximum absolute atomic E-state index is 12.6. The Morgan fingerprint density at radius 1 is 1.50 bits per heavy atom. The lowest BCUT2D eigenvalue weighted by Gasteiger charge is -2.39. The summed E-state index contributed by atoms with van der Waals surface area (Å²) in [5.74, 6) is 0.0373. The van der Waals surface area contributed by atoms with Crippen LogP contribution in [0.4, 0.5) is 0 Å². The molecule has 1 amide bonds. The van der Waals surface area contributed by atoms with Crippen molar-refractivity contribution in [1.82, 2.24) is 20.0 Å². The molecule has 1 aromatic rings. The molecule has 1 aliphatic heterocycles. The van der Waals surface area contributed by atoms with E-state index in [0.29, 0.717) is 19.2 Å². The van der Waals surface area contributed by atoms with E-state index in [-0.39, 0.29) is 5.91 Å². The first kappa shape index (κ1) is 15.5. The number of hydrogen-bond donors (Lipinski definition) is 1. The Labute approximate surface area is 131 Å². The fourth-order valence-electron chi connectivity index (χ4n) is 3.44. The van der Waals surface area contributed by atoms with Crippen LogP contribution in [0.1, 0.15) is 38.2 Å². The standard InChI is InChI=1S/C16H26N4O2/c1-16(15(21)18-14-5-3-4-6-14)12-20(7-8-22-16)11-13-9-17-19(2)10-13/h9-10,14H,3-8,11-12H2,1-2H3,(H,18,21)/t16-/m0/s1. The Morgan fingerprint density at radius 3 is 2.95 bits per heavy atom. The fourth-order valence-corrected chi connectivity index (χ4v) is 3.44. The van der Waals surface area contributed by atoms with Crippen molar-refractivity contribution in [1.29, 1.82) is 0 Å². The fraction of sp³-hybridized carbons (Fsp3) is 0.750. The number of aromatic nitrogens is 2.